The van der Waals surface area contributed by atoms with Gasteiger partial charge in [-0.3, -0.25) is 15.2 Å². The van der Waals surface area contributed by atoms with Crippen molar-refractivity contribution in [2.24, 2.45) is 19.9 Å². The zero-order valence-electron chi connectivity index (χ0n) is 10.7. The second-order valence-corrected chi connectivity index (χ2v) is 4.55. The molecule has 1 atom stereocenters. The number of aryl methyl sites for hydroxylation is 3. The summed E-state index contributed by atoms with van der Waals surface area (Å²) in [5, 5.41) is 9.13. The van der Waals surface area contributed by atoms with E-state index in [9.17, 15) is 0 Å². The molecule has 0 spiro atoms. The molecular weight excluding hydrogens is 252 g/mol. The third kappa shape index (κ3) is 2.14. The topological polar surface area (TPSA) is 73.7 Å². The lowest BCUT2D eigenvalue weighted by molar-refractivity contribution is 0.535. The molecule has 98 valence electrons. The Hall–Kier alpha value is -1.37. The quantitative estimate of drug-likeness (QED) is 0.639. The Labute approximate surface area is 111 Å². The molecule has 0 aliphatic carbocycles. The van der Waals surface area contributed by atoms with E-state index in [-0.39, 0.29) is 6.04 Å². The van der Waals surface area contributed by atoms with Gasteiger partial charge in [0.2, 0.25) is 0 Å². The molecule has 3 N–H and O–H groups in total. The standard InChI is InChI=1S/C11H17ClN6/c1-4-7-5-9(17(2)16-7)10(15-13)11-8(12)6-14-18(11)3/h5-6,10,15H,4,13H2,1-3H3. The number of aromatic nitrogens is 4. The van der Waals surface area contributed by atoms with Gasteiger partial charge in [-0.05, 0) is 12.5 Å². The number of hydrogen-bond donors (Lipinski definition) is 2. The van der Waals surface area contributed by atoms with Crippen LogP contribution >= 0.6 is 11.6 Å². The van der Waals surface area contributed by atoms with Crippen LogP contribution in [0.25, 0.3) is 0 Å². The molecule has 0 bridgehead atoms. The minimum absolute atomic E-state index is 0.234. The molecule has 2 heterocycles. The van der Waals surface area contributed by atoms with Gasteiger partial charge in [0.05, 0.1) is 28.3 Å². The monoisotopic (exact) mass is 268 g/mol. The fraction of sp³-hybridized carbons (Fsp3) is 0.455. The van der Waals surface area contributed by atoms with Gasteiger partial charge >= 0.3 is 0 Å². The van der Waals surface area contributed by atoms with Gasteiger partial charge in [-0.25, -0.2) is 5.43 Å². The van der Waals surface area contributed by atoms with Crippen LogP contribution in [-0.4, -0.2) is 19.6 Å². The Kier molecular flexibility index (Phi) is 3.70. The Morgan fingerprint density at radius 1 is 1.44 bits per heavy atom. The summed E-state index contributed by atoms with van der Waals surface area (Å²) in [6, 6.07) is 1.79. The second kappa shape index (κ2) is 5.09. The number of nitrogens with two attached hydrogens (primary N) is 1. The first-order valence-corrected chi connectivity index (χ1v) is 6.12. The van der Waals surface area contributed by atoms with Gasteiger partial charge in [-0.2, -0.15) is 10.2 Å². The number of rotatable bonds is 4. The third-order valence-corrected chi connectivity index (χ3v) is 3.29. The molecule has 0 aromatic carbocycles. The Balaban J connectivity index is 2.48. The zero-order valence-corrected chi connectivity index (χ0v) is 11.4. The van der Waals surface area contributed by atoms with Crippen LogP contribution in [0.15, 0.2) is 12.3 Å². The van der Waals surface area contributed by atoms with Crippen LogP contribution in [0.4, 0.5) is 0 Å². The molecule has 2 rings (SSSR count). The summed E-state index contributed by atoms with van der Waals surface area (Å²) >= 11 is 6.15. The molecule has 6 nitrogen and oxygen atoms in total. The predicted octanol–water partition coefficient (Wildman–Crippen LogP) is 0.922. The van der Waals surface area contributed by atoms with Gasteiger partial charge in [0.15, 0.2) is 0 Å². The van der Waals surface area contributed by atoms with E-state index < -0.39 is 0 Å². The molecule has 1 unspecified atom stereocenters. The van der Waals surface area contributed by atoms with E-state index in [2.05, 4.69) is 22.5 Å². The van der Waals surface area contributed by atoms with Crippen molar-refractivity contribution in [1.29, 1.82) is 0 Å². The third-order valence-electron chi connectivity index (χ3n) is 3.00. The number of halogens is 1. The highest BCUT2D eigenvalue weighted by Gasteiger charge is 2.23. The maximum atomic E-state index is 6.15. The average molecular weight is 269 g/mol. The van der Waals surface area contributed by atoms with E-state index in [1.807, 2.05) is 24.8 Å². The SMILES string of the molecule is CCc1cc(C(NN)c2c(Cl)cnn2C)n(C)n1. The van der Waals surface area contributed by atoms with Crippen LogP contribution < -0.4 is 11.3 Å². The summed E-state index contributed by atoms with van der Waals surface area (Å²) in [5.41, 5.74) is 5.58. The summed E-state index contributed by atoms with van der Waals surface area (Å²) < 4.78 is 3.53. The van der Waals surface area contributed by atoms with E-state index in [0.717, 1.165) is 23.5 Å². The highest BCUT2D eigenvalue weighted by atomic mass is 35.5. The first kappa shape index (κ1) is 13.1. The highest BCUT2D eigenvalue weighted by Crippen LogP contribution is 2.27. The fourth-order valence-electron chi connectivity index (χ4n) is 2.04. The molecule has 0 aliphatic heterocycles. The fourth-order valence-corrected chi connectivity index (χ4v) is 2.31. The molecule has 0 aliphatic rings. The molecule has 0 saturated carbocycles. The highest BCUT2D eigenvalue weighted by molar-refractivity contribution is 6.31. The average Bonchev–Trinajstić information content (AvgIpc) is 2.88. The molecule has 0 fully saturated rings. The summed E-state index contributed by atoms with van der Waals surface area (Å²) in [7, 11) is 3.73. The number of hydrogen-bond acceptors (Lipinski definition) is 4. The van der Waals surface area contributed by atoms with Gasteiger partial charge < -0.3 is 0 Å². The van der Waals surface area contributed by atoms with Crippen LogP contribution in [0.2, 0.25) is 5.02 Å². The molecule has 0 amide bonds. The molecule has 18 heavy (non-hydrogen) atoms. The molecule has 2 aromatic rings. The van der Waals surface area contributed by atoms with Crippen molar-refractivity contribution in [2.75, 3.05) is 0 Å². The van der Waals surface area contributed by atoms with Gasteiger partial charge in [-0.1, -0.05) is 18.5 Å². The number of hydrazine groups is 1. The van der Waals surface area contributed by atoms with Gasteiger partial charge in [0.25, 0.3) is 0 Å². The summed E-state index contributed by atoms with van der Waals surface area (Å²) in [6.07, 6.45) is 2.49. The lowest BCUT2D eigenvalue weighted by Crippen LogP contribution is -2.32. The van der Waals surface area contributed by atoms with Crippen molar-refractivity contribution in [3.05, 3.63) is 34.4 Å². The Bertz CT molecular complexity index is 524. The lowest BCUT2D eigenvalue weighted by Gasteiger charge is -2.17. The zero-order chi connectivity index (χ0) is 13.3. The summed E-state index contributed by atoms with van der Waals surface area (Å²) in [5.74, 6) is 5.66. The van der Waals surface area contributed by atoms with Crippen molar-refractivity contribution < 1.29 is 0 Å². The first-order valence-electron chi connectivity index (χ1n) is 5.74. The van der Waals surface area contributed by atoms with E-state index in [4.69, 9.17) is 17.4 Å². The minimum atomic E-state index is -0.234. The molecule has 7 heteroatoms. The molecular formula is C11H17ClN6. The van der Waals surface area contributed by atoms with E-state index >= 15 is 0 Å². The van der Waals surface area contributed by atoms with Crippen molar-refractivity contribution in [2.45, 2.75) is 19.4 Å². The number of nitrogens with one attached hydrogen (secondary N) is 1. The van der Waals surface area contributed by atoms with Crippen LogP contribution in [0.3, 0.4) is 0 Å². The molecule has 0 saturated heterocycles. The van der Waals surface area contributed by atoms with Crippen molar-refractivity contribution in [3.63, 3.8) is 0 Å². The van der Waals surface area contributed by atoms with E-state index in [1.165, 1.54) is 0 Å². The van der Waals surface area contributed by atoms with Gasteiger partial charge in [0, 0.05) is 14.1 Å². The second-order valence-electron chi connectivity index (χ2n) is 4.14. The van der Waals surface area contributed by atoms with Crippen LogP contribution in [-0.2, 0) is 20.5 Å². The number of nitrogens with zero attached hydrogens (tertiary/aromatic N) is 4. The largest absolute Gasteiger partial charge is 0.270 e. The Morgan fingerprint density at radius 3 is 2.61 bits per heavy atom. The molecule has 0 radical (unpaired) electrons. The summed E-state index contributed by atoms with van der Waals surface area (Å²) in [4.78, 5) is 0. The van der Waals surface area contributed by atoms with Crippen molar-refractivity contribution in [1.82, 2.24) is 25.0 Å². The van der Waals surface area contributed by atoms with Gasteiger partial charge in [-0.15, -0.1) is 0 Å². The summed E-state index contributed by atoms with van der Waals surface area (Å²) in [6.45, 7) is 2.06. The molecule has 2 aromatic heterocycles. The first-order chi connectivity index (χ1) is 8.58. The van der Waals surface area contributed by atoms with Crippen LogP contribution in [0.1, 0.15) is 30.0 Å². The maximum Gasteiger partial charge on any atom is 0.106 e. The normalized spacial score (nSPS) is 12.9. The Morgan fingerprint density at radius 2 is 2.17 bits per heavy atom. The lowest BCUT2D eigenvalue weighted by atomic mass is 10.1. The van der Waals surface area contributed by atoms with Gasteiger partial charge in [0.1, 0.15) is 6.04 Å². The van der Waals surface area contributed by atoms with E-state index in [1.54, 1.807) is 10.9 Å². The minimum Gasteiger partial charge on any atom is -0.270 e. The van der Waals surface area contributed by atoms with Crippen molar-refractivity contribution >= 4 is 11.6 Å². The van der Waals surface area contributed by atoms with Crippen molar-refractivity contribution in [3.8, 4) is 0 Å². The van der Waals surface area contributed by atoms with Crippen LogP contribution in [0.5, 0.6) is 0 Å². The van der Waals surface area contributed by atoms with E-state index in [0.29, 0.717) is 5.02 Å². The maximum absolute atomic E-state index is 6.15. The van der Waals surface area contributed by atoms with Crippen LogP contribution in [0, 0.1) is 0 Å². The predicted molar refractivity (Wildman–Crippen MR) is 70.0 cm³/mol. The smallest absolute Gasteiger partial charge is 0.106 e.